The Labute approximate surface area is 111 Å². The van der Waals surface area contributed by atoms with Crippen molar-refractivity contribution in [3.05, 3.63) is 59.8 Å². The molecular formula is C16H15NS. The first kappa shape index (κ1) is 11.4. The number of benzene rings is 2. The molecule has 2 heteroatoms. The topological polar surface area (TPSA) is 15.8 Å². The molecule has 1 aromatic heterocycles. The molecule has 18 heavy (non-hydrogen) atoms. The molecule has 90 valence electrons. The van der Waals surface area contributed by atoms with Crippen molar-refractivity contribution in [2.45, 2.75) is 23.6 Å². The van der Waals surface area contributed by atoms with Gasteiger partial charge in [0, 0.05) is 26.4 Å². The predicted octanol–water partition coefficient (Wildman–Crippen LogP) is 4.94. The van der Waals surface area contributed by atoms with Crippen LogP contribution in [0.2, 0.25) is 0 Å². The van der Waals surface area contributed by atoms with Crippen molar-refractivity contribution in [3.63, 3.8) is 0 Å². The van der Waals surface area contributed by atoms with E-state index >= 15 is 0 Å². The highest BCUT2D eigenvalue weighted by Gasteiger charge is 2.09. The summed E-state index contributed by atoms with van der Waals surface area (Å²) in [5.74, 6) is 0. The molecule has 1 nitrogen and oxygen atoms in total. The average molecular weight is 253 g/mol. The maximum Gasteiger partial charge on any atom is 0.0467 e. The van der Waals surface area contributed by atoms with E-state index in [2.05, 4.69) is 67.4 Å². The number of hydrogen-bond donors (Lipinski definition) is 1. The summed E-state index contributed by atoms with van der Waals surface area (Å²) in [5.41, 5.74) is 3.76. The normalized spacial score (nSPS) is 11.0. The Morgan fingerprint density at radius 2 is 1.72 bits per heavy atom. The van der Waals surface area contributed by atoms with Gasteiger partial charge < -0.3 is 4.98 Å². The quantitative estimate of drug-likeness (QED) is 0.684. The van der Waals surface area contributed by atoms with Gasteiger partial charge in [0.15, 0.2) is 0 Å². The molecule has 1 heterocycles. The Hall–Kier alpha value is -1.67. The van der Waals surface area contributed by atoms with E-state index in [-0.39, 0.29) is 0 Å². The van der Waals surface area contributed by atoms with Crippen molar-refractivity contribution < 1.29 is 0 Å². The van der Waals surface area contributed by atoms with Gasteiger partial charge in [-0.15, -0.1) is 0 Å². The number of aromatic nitrogens is 1. The summed E-state index contributed by atoms with van der Waals surface area (Å²) >= 11 is 1.83. The Kier molecular flexibility index (Phi) is 2.88. The molecule has 0 saturated heterocycles. The van der Waals surface area contributed by atoms with Gasteiger partial charge in [-0.25, -0.2) is 0 Å². The van der Waals surface area contributed by atoms with E-state index in [4.69, 9.17) is 0 Å². The largest absolute Gasteiger partial charge is 0.358 e. The molecule has 0 aliphatic carbocycles. The molecule has 0 atom stereocenters. The zero-order valence-electron chi connectivity index (χ0n) is 10.5. The van der Waals surface area contributed by atoms with E-state index in [1.807, 2.05) is 11.8 Å². The molecule has 0 unspecified atom stereocenters. The third kappa shape index (κ3) is 2.04. The van der Waals surface area contributed by atoms with E-state index in [0.717, 1.165) is 0 Å². The van der Waals surface area contributed by atoms with Crippen molar-refractivity contribution in [1.29, 1.82) is 0 Å². The van der Waals surface area contributed by atoms with Crippen molar-refractivity contribution in [2.75, 3.05) is 0 Å². The minimum atomic E-state index is 1.22. The van der Waals surface area contributed by atoms with E-state index < -0.39 is 0 Å². The van der Waals surface area contributed by atoms with Crippen LogP contribution in [-0.2, 0) is 0 Å². The minimum Gasteiger partial charge on any atom is -0.358 e. The highest BCUT2D eigenvalue weighted by molar-refractivity contribution is 7.99. The molecular weight excluding hydrogens is 238 g/mol. The summed E-state index contributed by atoms with van der Waals surface area (Å²) in [6, 6.07) is 17.1. The first-order valence-electron chi connectivity index (χ1n) is 6.06. The molecule has 0 aliphatic heterocycles. The zero-order chi connectivity index (χ0) is 12.5. The van der Waals surface area contributed by atoms with Crippen LogP contribution in [-0.4, -0.2) is 4.98 Å². The van der Waals surface area contributed by atoms with E-state index in [1.54, 1.807) is 0 Å². The summed E-state index contributed by atoms with van der Waals surface area (Å²) < 4.78 is 0. The van der Waals surface area contributed by atoms with Gasteiger partial charge in [-0.2, -0.15) is 0 Å². The van der Waals surface area contributed by atoms with Crippen molar-refractivity contribution in [1.82, 2.24) is 4.98 Å². The van der Waals surface area contributed by atoms with E-state index in [1.165, 1.54) is 32.0 Å². The lowest BCUT2D eigenvalue weighted by atomic mass is 10.2. The Morgan fingerprint density at radius 1 is 0.944 bits per heavy atom. The summed E-state index contributed by atoms with van der Waals surface area (Å²) in [6.07, 6.45) is 0. The monoisotopic (exact) mass is 253 g/mol. The fraction of sp³-hybridized carbons (Fsp3) is 0.125. The molecule has 2 aromatic carbocycles. The number of aryl methyl sites for hydroxylation is 2. The standard InChI is InChI=1S/C16H15NS/c1-11-8-9-15-14(10-11)16(12(2)17-15)18-13-6-4-3-5-7-13/h3-10,17H,1-2H3. The first-order valence-corrected chi connectivity index (χ1v) is 6.87. The third-order valence-electron chi connectivity index (χ3n) is 3.05. The predicted molar refractivity (Wildman–Crippen MR) is 78.3 cm³/mol. The fourth-order valence-corrected chi connectivity index (χ4v) is 3.17. The van der Waals surface area contributed by atoms with Crippen LogP contribution in [0.1, 0.15) is 11.3 Å². The second-order valence-corrected chi connectivity index (χ2v) is 5.63. The lowest BCUT2D eigenvalue weighted by Gasteiger charge is -2.02. The average Bonchev–Trinajstić information content (AvgIpc) is 2.67. The van der Waals surface area contributed by atoms with Crippen LogP contribution in [0.15, 0.2) is 58.3 Å². The van der Waals surface area contributed by atoms with Gasteiger partial charge in [0.2, 0.25) is 0 Å². The van der Waals surface area contributed by atoms with E-state index in [9.17, 15) is 0 Å². The van der Waals surface area contributed by atoms with Gasteiger partial charge >= 0.3 is 0 Å². The fourth-order valence-electron chi connectivity index (χ4n) is 2.15. The highest BCUT2D eigenvalue weighted by atomic mass is 32.2. The molecule has 0 saturated carbocycles. The lowest BCUT2D eigenvalue weighted by Crippen LogP contribution is -1.76. The number of nitrogens with one attached hydrogen (secondary N) is 1. The molecule has 0 spiro atoms. The van der Waals surface area contributed by atoms with Crippen LogP contribution >= 0.6 is 11.8 Å². The van der Waals surface area contributed by atoms with Crippen LogP contribution in [0, 0.1) is 13.8 Å². The van der Waals surface area contributed by atoms with Gasteiger partial charge in [0.05, 0.1) is 0 Å². The zero-order valence-corrected chi connectivity index (χ0v) is 11.3. The molecule has 0 bridgehead atoms. The van der Waals surface area contributed by atoms with Crippen molar-refractivity contribution >= 4 is 22.7 Å². The number of H-pyrrole nitrogens is 1. The second-order valence-electron chi connectivity index (χ2n) is 4.54. The third-order valence-corrected chi connectivity index (χ3v) is 4.28. The Bertz CT molecular complexity index is 683. The molecule has 3 rings (SSSR count). The second kappa shape index (κ2) is 4.54. The summed E-state index contributed by atoms with van der Waals surface area (Å²) in [6.45, 7) is 4.28. The van der Waals surface area contributed by atoms with Gasteiger partial charge in [0.25, 0.3) is 0 Å². The number of aromatic amines is 1. The molecule has 3 aromatic rings. The summed E-state index contributed by atoms with van der Waals surface area (Å²) in [7, 11) is 0. The van der Waals surface area contributed by atoms with Crippen LogP contribution in [0.3, 0.4) is 0 Å². The SMILES string of the molecule is Cc1ccc2[nH]c(C)c(Sc3ccccc3)c2c1. The van der Waals surface area contributed by atoms with Gasteiger partial charge in [-0.3, -0.25) is 0 Å². The maximum absolute atomic E-state index is 3.45. The number of fused-ring (bicyclic) bond motifs is 1. The maximum atomic E-state index is 3.45. The molecule has 0 amide bonds. The van der Waals surface area contributed by atoms with Gasteiger partial charge in [0.1, 0.15) is 0 Å². The highest BCUT2D eigenvalue weighted by Crippen LogP contribution is 2.36. The van der Waals surface area contributed by atoms with Crippen molar-refractivity contribution in [2.24, 2.45) is 0 Å². The molecule has 0 fully saturated rings. The van der Waals surface area contributed by atoms with Crippen LogP contribution in [0.25, 0.3) is 10.9 Å². The first-order chi connectivity index (χ1) is 8.74. The van der Waals surface area contributed by atoms with Crippen LogP contribution in [0.5, 0.6) is 0 Å². The minimum absolute atomic E-state index is 1.22. The molecule has 1 N–H and O–H groups in total. The van der Waals surface area contributed by atoms with Gasteiger partial charge in [-0.1, -0.05) is 41.6 Å². The summed E-state index contributed by atoms with van der Waals surface area (Å²) in [4.78, 5) is 6.07. The Balaban J connectivity index is 2.11. The number of rotatable bonds is 2. The van der Waals surface area contributed by atoms with Crippen LogP contribution in [0.4, 0.5) is 0 Å². The molecule has 0 aliphatic rings. The van der Waals surface area contributed by atoms with Crippen LogP contribution < -0.4 is 0 Å². The van der Waals surface area contributed by atoms with E-state index in [0.29, 0.717) is 0 Å². The van der Waals surface area contributed by atoms with Gasteiger partial charge in [-0.05, 0) is 38.1 Å². The Morgan fingerprint density at radius 3 is 2.50 bits per heavy atom. The lowest BCUT2D eigenvalue weighted by molar-refractivity contribution is 1.23. The summed E-state index contributed by atoms with van der Waals surface area (Å²) in [5, 5.41) is 1.32. The van der Waals surface area contributed by atoms with Crippen molar-refractivity contribution in [3.8, 4) is 0 Å². The molecule has 0 radical (unpaired) electrons. The number of hydrogen-bond acceptors (Lipinski definition) is 1. The smallest absolute Gasteiger partial charge is 0.0467 e.